The monoisotopic (exact) mass is 241 g/mol. The molecule has 0 fully saturated rings. The van der Waals surface area contributed by atoms with Gasteiger partial charge in [0.2, 0.25) is 0 Å². The van der Waals surface area contributed by atoms with E-state index in [1.165, 1.54) is 0 Å². The van der Waals surface area contributed by atoms with Crippen molar-refractivity contribution >= 4 is 33.2 Å². The molecule has 5 heteroatoms. The number of hydrogen-bond donors (Lipinski definition) is 1. The maximum Gasteiger partial charge on any atom is 0.158 e. The van der Waals surface area contributed by atoms with Gasteiger partial charge in [0, 0.05) is 0 Å². The zero-order valence-corrected chi connectivity index (χ0v) is 7.51. The van der Waals surface area contributed by atoms with Gasteiger partial charge in [-0.25, -0.2) is 8.78 Å². The smallest absolute Gasteiger partial charge is 0.158 e. The van der Waals surface area contributed by atoms with Crippen LogP contribution in [0.1, 0.15) is 0 Å². The van der Waals surface area contributed by atoms with Gasteiger partial charge in [-0.3, -0.25) is 0 Å². The lowest BCUT2D eigenvalue weighted by Gasteiger charge is -2.01. The summed E-state index contributed by atoms with van der Waals surface area (Å²) in [4.78, 5) is 0. The highest BCUT2D eigenvalue weighted by Gasteiger charge is 2.12. The number of hydrogen-bond acceptors (Lipinski definition) is 1. The van der Waals surface area contributed by atoms with Crippen molar-refractivity contribution in [2.45, 2.75) is 0 Å². The average molecular weight is 242 g/mol. The van der Waals surface area contributed by atoms with E-state index in [1.54, 1.807) is 0 Å². The minimum atomic E-state index is -0.745. The second-order valence-electron chi connectivity index (χ2n) is 1.88. The van der Waals surface area contributed by atoms with Gasteiger partial charge in [0.1, 0.15) is 10.8 Å². The number of halogens is 4. The van der Waals surface area contributed by atoms with Gasteiger partial charge in [0.05, 0.1) is 10.2 Å². The Morgan fingerprint density at radius 2 is 2.00 bits per heavy atom. The van der Waals surface area contributed by atoms with Gasteiger partial charge >= 0.3 is 0 Å². The van der Waals surface area contributed by atoms with Crippen LogP contribution in [0.2, 0.25) is 5.02 Å². The predicted octanol–water partition coefficient (Wildman–Crippen LogP) is 2.96. The van der Waals surface area contributed by atoms with E-state index in [9.17, 15) is 8.78 Å². The molecule has 0 aliphatic heterocycles. The first-order chi connectivity index (χ1) is 5.04. The van der Waals surface area contributed by atoms with E-state index in [1.807, 2.05) is 0 Å². The summed E-state index contributed by atoms with van der Waals surface area (Å²) in [7, 11) is 0. The Kier molecular flexibility index (Phi) is 2.34. The minimum absolute atomic E-state index is 0.0331. The van der Waals surface area contributed by atoms with Crippen LogP contribution >= 0.6 is 27.5 Å². The van der Waals surface area contributed by atoms with Gasteiger partial charge in [0.15, 0.2) is 5.82 Å². The Morgan fingerprint density at radius 3 is 2.55 bits per heavy atom. The molecular formula is C6H3BrClF2N. The molecule has 1 rings (SSSR count). The van der Waals surface area contributed by atoms with Crippen molar-refractivity contribution in [1.82, 2.24) is 0 Å². The SMILES string of the molecule is Nc1c(F)cc(Br)c(F)c1Cl. The maximum atomic E-state index is 12.7. The normalized spacial score (nSPS) is 10.2. The highest BCUT2D eigenvalue weighted by atomic mass is 79.9. The number of nitrogens with two attached hydrogens (primary N) is 1. The summed E-state index contributed by atoms with van der Waals surface area (Å²) in [5.74, 6) is -1.48. The number of rotatable bonds is 0. The van der Waals surface area contributed by atoms with Crippen molar-refractivity contribution in [2.75, 3.05) is 5.73 Å². The molecule has 0 amide bonds. The van der Waals surface area contributed by atoms with Crippen LogP contribution in [0.25, 0.3) is 0 Å². The molecule has 0 saturated carbocycles. The van der Waals surface area contributed by atoms with Crippen molar-refractivity contribution in [3.63, 3.8) is 0 Å². The van der Waals surface area contributed by atoms with Crippen molar-refractivity contribution < 1.29 is 8.78 Å². The molecule has 0 unspecified atom stereocenters. The van der Waals surface area contributed by atoms with Crippen LogP contribution < -0.4 is 5.73 Å². The first-order valence-corrected chi connectivity index (χ1v) is 3.79. The molecule has 60 valence electrons. The molecule has 1 nitrogen and oxygen atoms in total. The molecule has 0 saturated heterocycles. The summed E-state index contributed by atoms with van der Waals surface area (Å²) in [6.45, 7) is 0. The van der Waals surface area contributed by atoms with E-state index in [4.69, 9.17) is 17.3 Å². The third kappa shape index (κ3) is 1.46. The molecule has 1 aromatic rings. The quantitative estimate of drug-likeness (QED) is 0.422. The average Bonchev–Trinajstić information content (AvgIpc) is 1.97. The molecule has 1 aromatic carbocycles. The lowest BCUT2D eigenvalue weighted by Crippen LogP contribution is -1.94. The van der Waals surface area contributed by atoms with Gasteiger partial charge in [-0.05, 0) is 22.0 Å². The van der Waals surface area contributed by atoms with Gasteiger partial charge in [-0.2, -0.15) is 0 Å². The molecule has 0 aliphatic carbocycles. The molecule has 0 heterocycles. The van der Waals surface area contributed by atoms with Crippen LogP contribution in [0.15, 0.2) is 10.5 Å². The van der Waals surface area contributed by atoms with Gasteiger partial charge in [0.25, 0.3) is 0 Å². The highest BCUT2D eigenvalue weighted by Crippen LogP contribution is 2.30. The molecule has 0 spiro atoms. The largest absolute Gasteiger partial charge is 0.395 e. The van der Waals surface area contributed by atoms with Crippen LogP contribution in [0, 0.1) is 11.6 Å². The van der Waals surface area contributed by atoms with Crippen molar-refractivity contribution in [1.29, 1.82) is 0 Å². The van der Waals surface area contributed by atoms with Gasteiger partial charge in [-0.1, -0.05) is 11.6 Å². The summed E-state index contributed by atoms with van der Waals surface area (Å²) in [6, 6.07) is 0.927. The summed E-state index contributed by atoms with van der Waals surface area (Å²) in [6.07, 6.45) is 0. The minimum Gasteiger partial charge on any atom is -0.395 e. The summed E-state index contributed by atoms with van der Waals surface area (Å²) >= 11 is 8.09. The number of anilines is 1. The molecule has 0 radical (unpaired) electrons. The van der Waals surface area contributed by atoms with Crippen LogP contribution in [-0.4, -0.2) is 0 Å². The molecular weight excluding hydrogens is 239 g/mol. The second-order valence-corrected chi connectivity index (χ2v) is 3.11. The van der Waals surface area contributed by atoms with Crippen molar-refractivity contribution in [3.8, 4) is 0 Å². The molecule has 0 aromatic heterocycles. The van der Waals surface area contributed by atoms with E-state index >= 15 is 0 Å². The van der Waals surface area contributed by atoms with Gasteiger partial charge in [-0.15, -0.1) is 0 Å². The summed E-state index contributed by atoms with van der Waals surface area (Å²) in [5, 5.41) is -0.392. The Morgan fingerprint density at radius 1 is 1.45 bits per heavy atom. The van der Waals surface area contributed by atoms with Crippen LogP contribution in [0.4, 0.5) is 14.5 Å². The molecule has 0 aliphatic rings. The van der Waals surface area contributed by atoms with E-state index in [0.717, 1.165) is 6.07 Å². The number of nitrogen functional groups attached to an aromatic ring is 1. The number of benzene rings is 1. The summed E-state index contributed by atoms with van der Waals surface area (Å²) < 4.78 is 25.3. The zero-order valence-electron chi connectivity index (χ0n) is 5.17. The zero-order chi connectivity index (χ0) is 8.59. The first kappa shape index (κ1) is 8.74. The topological polar surface area (TPSA) is 26.0 Å². The summed E-state index contributed by atoms with van der Waals surface area (Å²) in [5.41, 5.74) is 4.72. The standard InChI is InChI=1S/C6H3BrClF2N/c7-2-1-3(9)6(11)4(8)5(2)10/h1H,11H2. The fraction of sp³-hybridized carbons (Fsp3) is 0. The van der Waals surface area contributed by atoms with E-state index in [-0.39, 0.29) is 10.2 Å². The molecule has 0 atom stereocenters. The van der Waals surface area contributed by atoms with Crippen molar-refractivity contribution in [2.24, 2.45) is 0 Å². The highest BCUT2D eigenvalue weighted by molar-refractivity contribution is 9.10. The Labute approximate surface area is 75.3 Å². The Balaban J connectivity index is 3.46. The first-order valence-electron chi connectivity index (χ1n) is 2.62. The Bertz CT molecular complexity index is 277. The predicted molar refractivity (Wildman–Crippen MR) is 43.5 cm³/mol. The maximum absolute atomic E-state index is 12.7. The third-order valence-corrected chi connectivity index (χ3v) is 2.10. The molecule has 11 heavy (non-hydrogen) atoms. The fourth-order valence-electron chi connectivity index (χ4n) is 0.580. The van der Waals surface area contributed by atoms with E-state index < -0.39 is 16.7 Å². The van der Waals surface area contributed by atoms with E-state index in [0.29, 0.717) is 0 Å². The molecule has 0 bridgehead atoms. The second kappa shape index (κ2) is 2.95. The van der Waals surface area contributed by atoms with Crippen molar-refractivity contribution in [3.05, 3.63) is 27.2 Å². The van der Waals surface area contributed by atoms with Gasteiger partial charge < -0.3 is 5.73 Å². The van der Waals surface area contributed by atoms with Crippen LogP contribution in [-0.2, 0) is 0 Å². The molecule has 2 N–H and O–H groups in total. The van der Waals surface area contributed by atoms with Crippen LogP contribution in [0.3, 0.4) is 0 Å². The lowest BCUT2D eigenvalue weighted by molar-refractivity contribution is 0.598. The van der Waals surface area contributed by atoms with Crippen LogP contribution in [0.5, 0.6) is 0 Å². The fourth-order valence-corrected chi connectivity index (χ4v) is 1.29. The van der Waals surface area contributed by atoms with E-state index in [2.05, 4.69) is 15.9 Å². The third-order valence-electron chi connectivity index (χ3n) is 1.15. The Hall–Kier alpha value is -0.350. The lowest BCUT2D eigenvalue weighted by atomic mass is 10.3.